The van der Waals surface area contributed by atoms with Crippen molar-refractivity contribution < 1.29 is 9.53 Å². The lowest BCUT2D eigenvalue weighted by atomic mass is 10.0. The van der Waals surface area contributed by atoms with Gasteiger partial charge in [-0.3, -0.25) is 0 Å². The van der Waals surface area contributed by atoms with E-state index in [9.17, 15) is 4.79 Å². The zero-order valence-electron chi connectivity index (χ0n) is 14.0. The van der Waals surface area contributed by atoms with Crippen LogP contribution in [0.1, 0.15) is 11.3 Å². The van der Waals surface area contributed by atoms with Gasteiger partial charge in [-0.1, -0.05) is 36.4 Å². The number of H-pyrrole nitrogens is 1. The summed E-state index contributed by atoms with van der Waals surface area (Å²) < 4.78 is 5.61. The number of carbonyl (C=O) groups is 1. The van der Waals surface area contributed by atoms with Crippen LogP contribution < -0.4 is 10.1 Å². The van der Waals surface area contributed by atoms with Crippen molar-refractivity contribution in [2.24, 2.45) is 0 Å². The molecule has 128 valence electrons. The molecular formula is C20H21N3O2. The molecule has 25 heavy (non-hydrogen) atoms. The number of nitrogens with one attached hydrogen (secondary N) is 2. The normalized spacial score (nSPS) is 13.5. The quantitative estimate of drug-likeness (QED) is 0.719. The van der Waals surface area contributed by atoms with E-state index in [1.54, 1.807) is 0 Å². The summed E-state index contributed by atoms with van der Waals surface area (Å²) in [7, 11) is 0. The molecule has 0 atom stereocenters. The molecule has 2 amide bonds. The van der Waals surface area contributed by atoms with Crippen LogP contribution in [0.2, 0.25) is 0 Å². The van der Waals surface area contributed by atoms with Gasteiger partial charge in [0, 0.05) is 41.7 Å². The Morgan fingerprint density at radius 2 is 1.92 bits per heavy atom. The van der Waals surface area contributed by atoms with Crippen molar-refractivity contribution in [3.63, 3.8) is 0 Å². The van der Waals surface area contributed by atoms with Gasteiger partial charge in [-0.2, -0.15) is 0 Å². The first-order valence-corrected chi connectivity index (χ1v) is 8.60. The van der Waals surface area contributed by atoms with Crippen LogP contribution in [0.3, 0.4) is 0 Å². The smallest absolute Gasteiger partial charge is 0.317 e. The number of rotatable bonds is 4. The third-order valence-electron chi connectivity index (χ3n) is 4.56. The van der Waals surface area contributed by atoms with Crippen molar-refractivity contribution in [1.82, 2.24) is 15.2 Å². The van der Waals surface area contributed by atoms with Gasteiger partial charge in [-0.05, 0) is 18.2 Å². The van der Waals surface area contributed by atoms with Gasteiger partial charge >= 0.3 is 6.03 Å². The van der Waals surface area contributed by atoms with E-state index in [0.29, 0.717) is 19.7 Å². The highest BCUT2D eigenvalue weighted by Crippen LogP contribution is 2.27. The Bertz CT molecular complexity index is 873. The molecule has 2 aromatic carbocycles. The maximum atomic E-state index is 12.4. The molecule has 0 unspecified atom stereocenters. The number of carbonyl (C=O) groups excluding carboxylic acids is 1. The Morgan fingerprint density at radius 3 is 2.80 bits per heavy atom. The van der Waals surface area contributed by atoms with Gasteiger partial charge < -0.3 is 19.9 Å². The van der Waals surface area contributed by atoms with Gasteiger partial charge in [-0.25, -0.2) is 4.79 Å². The molecule has 2 N–H and O–H groups in total. The third kappa shape index (κ3) is 3.31. The van der Waals surface area contributed by atoms with Gasteiger partial charge in [0.1, 0.15) is 12.4 Å². The molecule has 0 radical (unpaired) electrons. The predicted molar refractivity (Wildman–Crippen MR) is 97.7 cm³/mol. The van der Waals surface area contributed by atoms with Crippen molar-refractivity contribution in [3.8, 4) is 5.75 Å². The zero-order chi connectivity index (χ0) is 17.1. The van der Waals surface area contributed by atoms with Crippen LogP contribution in [0.15, 0.2) is 54.6 Å². The molecular weight excluding hydrogens is 314 g/mol. The summed E-state index contributed by atoms with van der Waals surface area (Å²) >= 11 is 0. The largest absolute Gasteiger partial charge is 0.492 e. The van der Waals surface area contributed by atoms with Crippen LogP contribution in [0.25, 0.3) is 10.9 Å². The minimum Gasteiger partial charge on any atom is -0.492 e. The molecule has 0 saturated carbocycles. The number of benzene rings is 2. The number of hydrogen-bond acceptors (Lipinski definition) is 2. The number of aromatic amines is 1. The van der Waals surface area contributed by atoms with Crippen molar-refractivity contribution in [3.05, 3.63) is 65.9 Å². The summed E-state index contributed by atoms with van der Waals surface area (Å²) in [5, 5.41) is 4.16. The summed E-state index contributed by atoms with van der Waals surface area (Å²) in [6.07, 6.45) is 0.859. The fraction of sp³-hybridized carbons (Fsp3) is 0.250. The average molecular weight is 335 g/mol. The lowest BCUT2D eigenvalue weighted by Crippen LogP contribution is -2.43. The Labute approximate surface area is 146 Å². The Kier molecular flexibility index (Phi) is 4.29. The predicted octanol–water partition coefficient (Wildman–Crippen LogP) is 3.31. The van der Waals surface area contributed by atoms with Crippen LogP contribution in [-0.2, 0) is 13.0 Å². The van der Waals surface area contributed by atoms with Gasteiger partial charge in [0.05, 0.1) is 6.54 Å². The number of aromatic nitrogens is 1. The molecule has 3 aromatic rings. The van der Waals surface area contributed by atoms with Gasteiger partial charge in [0.15, 0.2) is 0 Å². The van der Waals surface area contributed by atoms with E-state index in [-0.39, 0.29) is 6.03 Å². The van der Waals surface area contributed by atoms with E-state index in [2.05, 4.69) is 22.4 Å². The Balaban J connectivity index is 1.33. The average Bonchev–Trinajstić information content (AvgIpc) is 3.04. The van der Waals surface area contributed by atoms with E-state index < -0.39 is 0 Å². The maximum absolute atomic E-state index is 12.4. The van der Waals surface area contributed by atoms with E-state index in [4.69, 9.17) is 4.74 Å². The second kappa shape index (κ2) is 6.89. The standard InChI is InChI=1S/C20H21N3O2/c24-20(21-11-13-25-15-6-2-1-3-7-15)23-12-10-19-17(14-23)16-8-4-5-9-18(16)22-19/h1-9,22H,10-14H2,(H,21,24). The highest BCUT2D eigenvalue weighted by atomic mass is 16.5. The number of para-hydroxylation sites is 2. The van der Waals surface area contributed by atoms with Crippen LogP contribution in [0, 0.1) is 0 Å². The fourth-order valence-corrected chi connectivity index (χ4v) is 3.30. The molecule has 5 heteroatoms. The van der Waals surface area contributed by atoms with Gasteiger partial charge in [-0.15, -0.1) is 0 Å². The lowest BCUT2D eigenvalue weighted by molar-refractivity contribution is 0.189. The third-order valence-corrected chi connectivity index (χ3v) is 4.56. The van der Waals surface area contributed by atoms with Gasteiger partial charge in [0.25, 0.3) is 0 Å². The number of fused-ring (bicyclic) bond motifs is 3. The van der Waals surface area contributed by atoms with Crippen molar-refractivity contribution in [2.45, 2.75) is 13.0 Å². The van der Waals surface area contributed by atoms with E-state index in [1.807, 2.05) is 47.4 Å². The van der Waals surface area contributed by atoms with Crippen molar-refractivity contribution >= 4 is 16.9 Å². The van der Waals surface area contributed by atoms with Crippen LogP contribution in [-0.4, -0.2) is 35.6 Å². The SMILES string of the molecule is O=C(NCCOc1ccccc1)N1CCc2[nH]c3ccccc3c2C1. The minimum absolute atomic E-state index is 0.0346. The van der Waals surface area contributed by atoms with Crippen LogP contribution in [0.5, 0.6) is 5.75 Å². The zero-order valence-corrected chi connectivity index (χ0v) is 14.0. The first kappa shape index (κ1) is 15.6. The molecule has 0 spiro atoms. The molecule has 0 fully saturated rings. The highest BCUT2D eigenvalue weighted by Gasteiger charge is 2.23. The lowest BCUT2D eigenvalue weighted by Gasteiger charge is -2.27. The molecule has 1 aliphatic rings. The Morgan fingerprint density at radius 1 is 1.12 bits per heavy atom. The molecule has 0 aliphatic carbocycles. The highest BCUT2D eigenvalue weighted by molar-refractivity contribution is 5.85. The summed E-state index contributed by atoms with van der Waals surface area (Å²) in [6, 6.07) is 17.9. The van der Waals surface area contributed by atoms with E-state index in [1.165, 1.54) is 16.6 Å². The topological polar surface area (TPSA) is 57.4 Å². The maximum Gasteiger partial charge on any atom is 0.317 e. The summed E-state index contributed by atoms with van der Waals surface area (Å²) in [6.45, 7) is 2.32. The molecule has 1 aromatic heterocycles. The number of amides is 2. The van der Waals surface area contributed by atoms with Crippen molar-refractivity contribution in [2.75, 3.05) is 19.7 Å². The number of ether oxygens (including phenoxy) is 1. The fourth-order valence-electron chi connectivity index (χ4n) is 3.30. The monoisotopic (exact) mass is 335 g/mol. The summed E-state index contributed by atoms with van der Waals surface area (Å²) in [4.78, 5) is 17.8. The number of hydrogen-bond donors (Lipinski definition) is 2. The van der Waals surface area contributed by atoms with Crippen molar-refractivity contribution in [1.29, 1.82) is 0 Å². The van der Waals surface area contributed by atoms with Gasteiger partial charge in [0.2, 0.25) is 0 Å². The molecule has 4 rings (SSSR count). The Hall–Kier alpha value is -2.95. The molecule has 2 heterocycles. The molecule has 5 nitrogen and oxygen atoms in total. The number of urea groups is 1. The van der Waals surface area contributed by atoms with Crippen LogP contribution in [0.4, 0.5) is 4.79 Å². The first-order valence-electron chi connectivity index (χ1n) is 8.60. The number of nitrogens with zero attached hydrogens (tertiary/aromatic N) is 1. The second-order valence-corrected chi connectivity index (χ2v) is 6.19. The molecule has 1 aliphatic heterocycles. The van der Waals surface area contributed by atoms with E-state index >= 15 is 0 Å². The summed E-state index contributed by atoms with van der Waals surface area (Å²) in [5.74, 6) is 0.818. The van der Waals surface area contributed by atoms with E-state index in [0.717, 1.165) is 24.2 Å². The molecule has 0 bridgehead atoms. The second-order valence-electron chi connectivity index (χ2n) is 6.19. The van der Waals surface area contributed by atoms with Crippen LogP contribution >= 0.6 is 0 Å². The molecule has 0 saturated heterocycles. The first-order chi connectivity index (χ1) is 12.3. The minimum atomic E-state index is -0.0346. The summed E-state index contributed by atoms with van der Waals surface area (Å²) in [5.41, 5.74) is 3.63.